The van der Waals surface area contributed by atoms with Crippen LogP contribution in [-0.2, 0) is 54.4 Å². The monoisotopic (exact) mass is 966 g/mol. The number of aliphatic hydroxyl groups excluding tert-OH is 3. The van der Waals surface area contributed by atoms with Gasteiger partial charge in [0.15, 0.2) is 5.76 Å². The second kappa shape index (κ2) is 33.5. The second-order valence-corrected chi connectivity index (χ2v) is 16.0. The molecule has 5 aromatic carbocycles. The average molecular weight is 968 g/mol. The van der Waals surface area contributed by atoms with Crippen LogP contribution in [0.3, 0.4) is 0 Å². The van der Waals surface area contributed by atoms with Crippen molar-refractivity contribution in [3.05, 3.63) is 220 Å². The average Bonchev–Trinajstić information content (AvgIpc) is 4.29. The quantitative estimate of drug-likeness (QED) is 0.0134. The summed E-state index contributed by atoms with van der Waals surface area (Å²) < 4.78 is 15.4. The number of aliphatic hydroxyl groups is 3. The van der Waals surface area contributed by atoms with E-state index in [1.54, 1.807) is 38.1 Å². The van der Waals surface area contributed by atoms with Gasteiger partial charge in [-0.2, -0.15) is 0 Å². The van der Waals surface area contributed by atoms with Gasteiger partial charge in [0.05, 0.1) is 19.8 Å². The van der Waals surface area contributed by atoms with Crippen molar-refractivity contribution >= 4 is 52.3 Å². The van der Waals surface area contributed by atoms with Crippen LogP contribution < -0.4 is 0 Å². The lowest BCUT2D eigenvalue weighted by molar-refractivity contribution is -0.169. The van der Waals surface area contributed by atoms with E-state index >= 15 is 0 Å². The molecule has 2 fully saturated rings. The number of rotatable bonds is 17. The number of hydrogen-bond donors (Lipinski definition) is 4. The minimum atomic E-state index is -0.463. The van der Waals surface area contributed by atoms with E-state index in [4.69, 9.17) is 58.0 Å². The van der Waals surface area contributed by atoms with Crippen LogP contribution in [0.4, 0.5) is 0 Å². The molecule has 2 unspecified atom stereocenters. The molecule has 5 aromatic rings. The summed E-state index contributed by atoms with van der Waals surface area (Å²) in [5.74, 6) is -0.158. The first kappa shape index (κ1) is 58.2. The molecule has 4 N–H and O–H groups in total. The highest BCUT2D eigenvalue weighted by atomic mass is 35.5. The van der Waals surface area contributed by atoms with Gasteiger partial charge in [0, 0.05) is 48.0 Å². The molecule has 2 heterocycles. The molecule has 362 valence electrons. The first-order chi connectivity index (χ1) is 32.7. The molecule has 0 bridgehead atoms. The Balaban J connectivity index is 0.000000286. The van der Waals surface area contributed by atoms with Gasteiger partial charge in [-0.25, -0.2) is 10.1 Å². The van der Waals surface area contributed by atoms with Crippen LogP contribution in [0.1, 0.15) is 76.1 Å². The van der Waals surface area contributed by atoms with Gasteiger partial charge in [-0.05, 0) is 101 Å². The number of halogens is 2. The maximum absolute atomic E-state index is 11.1. The van der Waals surface area contributed by atoms with Crippen molar-refractivity contribution < 1.29 is 49.3 Å². The number of hydrogen-bond acceptors (Lipinski definition) is 10. The highest BCUT2D eigenvalue weighted by Crippen LogP contribution is 2.33. The predicted molar refractivity (Wildman–Crippen MR) is 275 cm³/mol. The van der Waals surface area contributed by atoms with E-state index in [-0.39, 0.29) is 31.5 Å². The molecule has 0 aromatic heterocycles. The van der Waals surface area contributed by atoms with Crippen LogP contribution >= 0.6 is 23.2 Å². The molecule has 68 heavy (non-hydrogen) atoms. The molecule has 7 rings (SSSR count). The Bertz CT molecular complexity index is 2200. The summed E-state index contributed by atoms with van der Waals surface area (Å²) in [6.45, 7) is 23.5. The fourth-order valence-corrected chi connectivity index (χ4v) is 5.60. The third-order valence-electron chi connectivity index (χ3n) is 9.57. The maximum Gasteiger partial charge on any atom is 0.333 e. The van der Waals surface area contributed by atoms with Gasteiger partial charge in [-0.15, -0.1) is 0 Å². The Kier molecular flexibility index (Phi) is 28.7. The molecule has 10 nitrogen and oxygen atoms in total. The first-order valence-electron chi connectivity index (χ1n) is 21.8. The van der Waals surface area contributed by atoms with Gasteiger partial charge in [-0.3, -0.25) is 4.79 Å². The number of carbonyl (C=O) groups excluding carboxylic acids is 2. The van der Waals surface area contributed by atoms with Crippen molar-refractivity contribution in [1.29, 1.82) is 0 Å². The highest BCUT2D eigenvalue weighted by molar-refractivity contribution is 6.67. The summed E-state index contributed by atoms with van der Waals surface area (Å²) in [4.78, 5) is 24.9. The van der Waals surface area contributed by atoms with Gasteiger partial charge in [0.1, 0.15) is 12.2 Å². The van der Waals surface area contributed by atoms with E-state index in [1.807, 2.05) is 84.9 Å². The number of epoxide rings is 2. The zero-order chi connectivity index (χ0) is 50.3. The number of allylic oxidation sites excluding steroid dienone is 1. The Labute approximate surface area is 411 Å². The second-order valence-electron chi connectivity index (χ2n) is 15.2. The van der Waals surface area contributed by atoms with Gasteiger partial charge in [-0.1, -0.05) is 166 Å². The van der Waals surface area contributed by atoms with Crippen molar-refractivity contribution in [2.45, 2.75) is 51.7 Å². The fourth-order valence-electron chi connectivity index (χ4n) is 5.41. The molecule has 0 saturated carbocycles. The van der Waals surface area contributed by atoms with Gasteiger partial charge < -0.3 is 34.4 Å². The lowest BCUT2D eigenvalue weighted by atomic mass is 10.1. The fraction of sp³-hybridized carbons (Fsp3) is 0.250. The summed E-state index contributed by atoms with van der Waals surface area (Å²) in [5, 5.41) is 34.4. The number of esters is 1. The Morgan fingerprint density at radius 2 is 1.00 bits per heavy atom. The van der Waals surface area contributed by atoms with Crippen molar-refractivity contribution in [3.8, 4) is 0 Å². The molecular weight excluding hydrogens is 904 g/mol. The molecule has 0 amide bonds. The van der Waals surface area contributed by atoms with Gasteiger partial charge in [0.25, 0.3) is 0 Å². The SMILES string of the molecule is C=C(C)C(=O)Cl.C=C(C)C(=O)OCCc1ccc(CCO)cc1.C=C(OO)c1cccc(Cl)c1.C=Cc1ccc(C=C)cc1.OCCc1ccc(CCO)cc1.c1cc(C2CO2)ccc1C1CO1. The summed E-state index contributed by atoms with van der Waals surface area (Å²) in [5.41, 5.74) is 10.8. The normalized spacial score (nSPS) is 13.4. The minimum absolute atomic E-state index is 0.162. The number of ether oxygens (including phenoxy) is 3. The van der Waals surface area contributed by atoms with E-state index in [9.17, 15) is 9.59 Å². The topological polar surface area (TPSA) is 159 Å². The van der Waals surface area contributed by atoms with Crippen molar-refractivity contribution in [1.82, 2.24) is 0 Å². The van der Waals surface area contributed by atoms with Crippen LogP contribution in [0.25, 0.3) is 17.9 Å². The van der Waals surface area contributed by atoms with E-state index < -0.39 is 5.24 Å². The highest BCUT2D eigenvalue weighted by Gasteiger charge is 2.27. The largest absolute Gasteiger partial charge is 0.462 e. The predicted octanol–water partition coefficient (Wildman–Crippen LogP) is 11.6. The smallest absolute Gasteiger partial charge is 0.333 e. The van der Waals surface area contributed by atoms with E-state index in [0.29, 0.717) is 66.2 Å². The Hall–Kier alpha value is -5.92. The first-order valence-corrected chi connectivity index (χ1v) is 22.5. The lowest BCUT2D eigenvalue weighted by Gasteiger charge is -2.05. The van der Waals surface area contributed by atoms with Gasteiger partial charge >= 0.3 is 5.97 Å². The van der Waals surface area contributed by atoms with Crippen LogP contribution in [-0.4, -0.2) is 71.4 Å². The summed E-state index contributed by atoms with van der Waals surface area (Å²) in [7, 11) is 0. The molecular formula is C56H64Cl2O10. The lowest BCUT2D eigenvalue weighted by Crippen LogP contribution is -2.08. The standard InChI is InChI=1S/C14H18O3.C10H10O2.C10H14O2.C10H10.C8H7ClO2.C4H5ClO/c1-11(2)14(16)17-10-8-13-5-3-12(4-6-13)7-9-15;1-2-8(10-6-12-10)4-3-7(1)9-5-11-9;11-7-5-9-1-2-10(4-3-9)6-8-12;1-3-9-5-7-10(4-2)8-6-9;1-6(11-10)7-3-2-4-8(9)5-7;1-3(2)4(5)6/h3-6,15H,1,7-10H2,2H3;1-4,9-10H,5-6H2;1-4,11-12H,5-8H2;3-8H,1-2H2;2-5,10H,1H2;1H2,2H3. The molecule has 0 aliphatic carbocycles. The molecule has 12 heteroatoms. The van der Waals surface area contributed by atoms with Crippen molar-refractivity contribution in [2.24, 2.45) is 0 Å². The van der Waals surface area contributed by atoms with Crippen LogP contribution in [0.15, 0.2) is 165 Å². The molecule has 0 radical (unpaired) electrons. The molecule has 2 atom stereocenters. The molecule has 2 aliphatic rings. The van der Waals surface area contributed by atoms with Crippen LogP contribution in [0.2, 0.25) is 5.02 Å². The zero-order valence-electron chi connectivity index (χ0n) is 39.0. The van der Waals surface area contributed by atoms with Crippen LogP contribution in [0.5, 0.6) is 0 Å². The summed E-state index contributed by atoms with van der Waals surface area (Å²) >= 11 is 10.5. The Morgan fingerprint density at radius 1 is 0.632 bits per heavy atom. The Morgan fingerprint density at radius 3 is 1.28 bits per heavy atom. The van der Waals surface area contributed by atoms with Crippen molar-refractivity contribution in [2.75, 3.05) is 39.6 Å². The van der Waals surface area contributed by atoms with Crippen LogP contribution in [0, 0.1) is 0 Å². The minimum Gasteiger partial charge on any atom is -0.462 e. The summed E-state index contributed by atoms with van der Waals surface area (Å²) in [6.07, 6.45) is 7.18. The molecule has 0 spiro atoms. The summed E-state index contributed by atoms with van der Waals surface area (Å²) in [6, 6.07) is 39.4. The number of benzene rings is 5. The third kappa shape index (κ3) is 25.3. The van der Waals surface area contributed by atoms with E-state index in [0.717, 1.165) is 46.6 Å². The van der Waals surface area contributed by atoms with Crippen molar-refractivity contribution in [3.63, 3.8) is 0 Å². The number of carbonyl (C=O) groups is 2. The van der Waals surface area contributed by atoms with E-state index in [2.05, 4.69) is 62.0 Å². The molecule has 2 saturated heterocycles. The maximum atomic E-state index is 11.1. The van der Waals surface area contributed by atoms with E-state index in [1.165, 1.54) is 11.1 Å². The zero-order valence-corrected chi connectivity index (χ0v) is 40.5. The third-order valence-corrected chi connectivity index (χ3v) is 10.1. The van der Waals surface area contributed by atoms with Gasteiger partial charge in [0.2, 0.25) is 5.24 Å². The molecule has 2 aliphatic heterocycles.